The van der Waals surface area contributed by atoms with E-state index in [1.165, 1.54) is 12.8 Å². The Bertz CT molecular complexity index is 280. The van der Waals surface area contributed by atoms with Crippen LogP contribution in [0.5, 0.6) is 0 Å². The Morgan fingerprint density at radius 1 is 1.25 bits per heavy atom. The van der Waals surface area contributed by atoms with Crippen LogP contribution in [0.2, 0.25) is 0 Å². The molecule has 92 valence electrons. The summed E-state index contributed by atoms with van der Waals surface area (Å²) in [6, 6.07) is 0. The third-order valence-electron chi connectivity index (χ3n) is 4.90. The van der Waals surface area contributed by atoms with Crippen molar-refractivity contribution < 1.29 is 4.79 Å². The Labute approximate surface area is 98.4 Å². The highest BCUT2D eigenvalue weighted by Gasteiger charge is 2.46. The molecule has 3 heteroatoms. The lowest BCUT2D eigenvalue weighted by molar-refractivity contribution is -0.139. The molecule has 0 radical (unpaired) electrons. The molecule has 16 heavy (non-hydrogen) atoms. The monoisotopic (exact) mass is 224 g/mol. The van der Waals surface area contributed by atoms with Gasteiger partial charge in [-0.2, -0.15) is 0 Å². The largest absolute Gasteiger partial charge is 0.341 e. The number of nitrogens with two attached hydrogens (primary N) is 1. The maximum atomic E-state index is 12.3. The highest BCUT2D eigenvalue weighted by atomic mass is 16.2. The first-order valence-corrected chi connectivity index (χ1v) is 6.63. The molecule has 1 aliphatic heterocycles. The molecule has 0 bridgehead atoms. The molecule has 0 atom stereocenters. The van der Waals surface area contributed by atoms with Gasteiger partial charge in [0.15, 0.2) is 0 Å². The summed E-state index contributed by atoms with van der Waals surface area (Å²) in [6.45, 7) is 6.31. The number of amides is 1. The van der Waals surface area contributed by atoms with Gasteiger partial charge in [-0.25, -0.2) is 0 Å². The molecule has 0 unspecified atom stereocenters. The number of carbonyl (C=O) groups is 1. The number of likely N-dealkylation sites (tertiary alicyclic amines) is 1. The molecule has 0 aromatic carbocycles. The SMILES string of the molecule is CCC1(CC)CCN(C(=O)C2(N)CCC2)C1. The topological polar surface area (TPSA) is 46.3 Å². The van der Waals surface area contributed by atoms with Gasteiger partial charge in [0, 0.05) is 13.1 Å². The van der Waals surface area contributed by atoms with Crippen molar-refractivity contribution in [3.05, 3.63) is 0 Å². The molecule has 1 saturated carbocycles. The third-order valence-corrected chi connectivity index (χ3v) is 4.90. The second-order valence-corrected chi connectivity index (χ2v) is 5.69. The van der Waals surface area contributed by atoms with Crippen molar-refractivity contribution in [1.29, 1.82) is 0 Å². The Kier molecular flexibility index (Phi) is 2.99. The van der Waals surface area contributed by atoms with Crippen molar-refractivity contribution in [3.8, 4) is 0 Å². The molecule has 1 aliphatic carbocycles. The zero-order valence-corrected chi connectivity index (χ0v) is 10.6. The van der Waals surface area contributed by atoms with Gasteiger partial charge in [-0.3, -0.25) is 4.79 Å². The normalized spacial score (nSPS) is 26.6. The molecule has 1 saturated heterocycles. The summed E-state index contributed by atoms with van der Waals surface area (Å²) < 4.78 is 0. The van der Waals surface area contributed by atoms with Crippen molar-refractivity contribution in [3.63, 3.8) is 0 Å². The van der Waals surface area contributed by atoms with Crippen LogP contribution in [0.15, 0.2) is 0 Å². The third kappa shape index (κ3) is 1.75. The smallest absolute Gasteiger partial charge is 0.242 e. The predicted octanol–water partition coefficient (Wildman–Crippen LogP) is 1.91. The van der Waals surface area contributed by atoms with Gasteiger partial charge in [-0.15, -0.1) is 0 Å². The molecule has 2 N–H and O–H groups in total. The minimum absolute atomic E-state index is 0.211. The Morgan fingerprint density at radius 3 is 2.25 bits per heavy atom. The van der Waals surface area contributed by atoms with Crippen LogP contribution in [0.3, 0.4) is 0 Å². The zero-order chi connectivity index (χ0) is 11.8. The van der Waals surface area contributed by atoms with Crippen LogP contribution in [0.25, 0.3) is 0 Å². The fourth-order valence-electron chi connectivity index (χ4n) is 3.02. The molecule has 0 aromatic rings. The van der Waals surface area contributed by atoms with E-state index >= 15 is 0 Å². The number of nitrogens with zero attached hydrogens (tertiary/aromatic N) is 1. The fraction of sp³-hybridized carbons (Fsp3) is 0.923. The average molecular weight is 224 g/mol. The first-order valence-electron chi connectivity index (χ1n) is 6.63. The minimum atomic E-state index is -0.502. The maximum Gasteiger partial charge on any atom is 0.242 e. The van der Waals surface area contributed by atoms with Crippen LogP contribution in [-0.4, -0.2) is 29.4 Å². The number of hydrogen-bond acceptors (Lipinski definition) is 2. The molecule has 0 aromatic heterocycles. The number of carbonyl (C=O) groups excluding carboxylic acids is 1. The van der Waals surface area contributed by atoms with Gasteiger partial charge < -0.3 is 10.6 Å². The summed E-state index contributed by atoms with van der Waals surface area (Å²) in [6.07, 6.45) is 6.38. The molecule has 0 spiro atoms. The lowest BCUT2D eigenvalue weighted by Gasteiger charge is -2.39. The van der Waals surface area contributed by atoms with Crippen molar-refractivity contribution >= 4 is 5.91 Å². The lowest BCUT2D eigenvalue weighted by atomic mass is 9.76. The molecule has 1 heterocycles. The van der Waals surface area contributed by atoms with Gasteiger partial charge in [-0.1, -0.05) is 13.8 Å². The Hall–Kier alpha value is -0.570. The predicted molar refractivity (Wildman–Crippen MR) is 65.0 cm³/mol. The first-order chi connectivity index (χ1) is 7.55. The van der Waals surface area contributed by atoms with Gasteiger partial charge in [-0.05, 0) is 43.9 Å². The van der Waals surface area contributed by atoms with Crippen molar-refractivity contribution in [2.45, 2.75) is 57.9 Å². The van der Waals surface area contributed by atoms with E-state index in [0.717, 1.165) is 38.8 Å². The van der Waals surface area contributed by atoms with E-state index in [-0.39, 0.29) is 5.91 Å². The van der Waals surface area contributed by atoms with Crippen molar-refractivity contribution in [1.82, 2.24) is 4.90 Å². The van der Waals surface area contributed by atoms with Gasteiger partial charge in [0.1, 0.15) is 0 Å². The molecule has 2 aliphatic rings. The van der Waals surface area contributed by atoms with E-state index in [9.17, 15) is 4.79 Å². The summed E-state index contributed by atoms with van der Waals surface area (Å²) in [5.41, 5.74) is 5.97. The quantitative estimate of drug-likeness (QED) is 0.796. The lowest BCUT2D eigenvalue weighted by Crippen LogP contribution is -2.59. The second-order valence-electron chi connectivity index (χ2n) is 5.69. The molecule has 2 fully saturated rings. The van der Waals surface area contributed by atoms with Gasteiger partial charge in [0.25, 0.3) is 0 Å². The highest BCUT2D eigenvalue weighted by molar-refractivity contribution is 5.87. The summed E-state index contributed by atoms with van der Waals surface area (Å²) in [5, 5.41) is 0. The molecular formula is C13H24N2O. The summed E-state index contributed by atoms with van der Waals surface area (Å²) in [5.74, 6) is 0.211. The maximum absolute atomic E-state index is 12.3. The van der Waals surface area contributed by atoms with Crippen LogP contribution >= 0.6 is 0 Å². The first kappa shape index (κ1) is 11.9. The Balaban J connectivity index is 2.00. The molecule has 3 nitrogen and oxygen atoms in total. The van der Waals surface area contributed by atoms with E-state index in [4.69, 9.17) is 5.73 Å². The second kappa shape index (κ2) is 4.02. The van der Waals surface area contributed by atoms with E-state index in [2.05, 4.69) is 13.8 Å². The average Bonchev–Trinajstić information content (AvgIpc) is 2.70. The van der Waals surface area contributed by atoms with Crippen LogP contribution in [0, 0.1) is 5.41 Å². The summed E-state index contributed by atoms with van der Waals surface area (Å²) in [4.78, 5) is 14.3. The fourth-order valence-corrected chi connectivity index (χ4v) is 3.02. The Morgan fingerprint density at radius 2 is 1.88 bits per heavy atom. The van der Waals surface area contributed by atoms with Crippen molar-refractivity contribution in [2.75, 3.05) is 13.1 Å². The molecule has 1 amide bonds. The highest BCUT2D eigenvalue weighted by Crippen LogP contribution is 2.39. The van der Waals surface area contributed by atoms with Gasteiger partial charge in [0.2, 0.25) is 5.91 Å². The zero-order valence-electron chi connectivity index (χ0n) is 10.6. The number of rotatable bonds is 3. The summed E-state index contributed by atoms with van der Waals surface area (Å²) >= 11 is 0. The van der Waals surface area contributed by atoms with Crippen LogP contribution in [-0.2, 0) is 4.79 Å². The van der Waals surface area contributed by atoms with Crippen LogP contribution in [0.1, 0.15) is 52.4 Å². The number of hydrogen-bond donors (Lipinski definition) is 1. The minimum Gasteiger partial charge on any atom is -0.341 e. The summed E-state index contributed by atoms with van der Waals surface area (Å²) in [7, 11) is 0. The van der Waals surface area contributed by atoms with Crippen LogP contribution in [0.4, 0.5) is 0 Å². The molecular weight excluding hydrogens is 200 g/mol. The van der Waals surface area contributed by atoms with E-state index < -0.39 is 5.54 Å². The molecule has 2 rings (SSSR count). The van der Waals surface area contributed by atoms with Crippen LogP contribution < -0.4 is 5.73 Å². The standard InChI is InChI=1S/C13H24N2O/c1-3-12(4-2)8-9-15(10-12)11(16)13(14)6-5-7-13/h3-10,14H2,1-2H3. The van der Waals surface area contributed by atoms with E-state index in [1.807, 2.05) is 4.90 Å². The van der Waals surface area contributed by atoms with Gasteiger partial charge >= 0.3 is 0 Å². The van der Waals surface area contributed by atoms with Crippen molar-refractivity contribution in [2.24, 2.45) is 11.1 Å². The van der Waals surface area contributed by atoms with E-state index in [1.54, 1.807) is 0 Å². The van der Waals surface area contributed by atoms with E-state index in [0.29, 0.717) is 5.41 Å². The van der Waals surface area contributed by atoms with Gasteiger partial charge in [0.05, 0.1) is 5.54 Å².